The van der Waals surface area contributed by atoms with Crippen molar-refractivity contribution in [1.29, 1.82) is 0 Å². The third kappa shape index (κ3) is 2.66. The molecule has 0 spiro atoms. The maximum Gasteiger partial charge on any atom is 0.227 e. The van der Waals surface area contributed by atoms with Crippen LogP contribution in [-0.4, -0.2) is 20.0 Å². The summed E-state index contributed by atoms with van der Waals surface area (Å²) in [6.07, 6.45) is 1.47. The summed E-state index contributed by atoms with van der Waals surface area (Å²) in [6, 6.07) is 6.80. The number of nitrogens with zero attached hydrogens (tertiary/aromatic N) is 1. The lowest BCUT2D eigenvalue weighted by molar-refractivity contribution is -0.118. The van der Waals surface area contributed by atoms with Gasteiger partial charge in [0, 0.05) is 25.2 Å². The van der Waals surface area contributed by atoms with E-state index in [4.69, 9.17) is 0 Å². The Morgan fingerprint density at radius 2 is 1.95 bits per heavy atom. The molecule has 0 aliphatic carbocycles. The Morgan fingerprint density at radius 1 is 1.26 bits per heavy atom. The zero-order chi connectivity index (χ0) is 14.2. The van der Waals surface area contributed by atoms with Gasteiger partial charge in [-0.05, 0) is 36.1 Å². The van der Waals surface area contributed by atoms with Crippen LogP contribution >= 0.6 is 0 Å². The summed E-state index contributed by atoms with van der Waals surface area (Å²) in [7, 11) is 3.87. The molecule has 0 saturated carbocycles. The molecule has 1 heterocycles. The molecule has 1 aromatic carbocycles. The lowest BCUT2D eigenvalue weighted by Crippen LogP contribution is -2.32. The van der Waals surface area contributed by atoms with Gasteiger partial charge in [0.25, 0.3) is 0 Å². The number of anilines is 1. The first-order valence-electron chi connectivity index (χ1n) is 6.91. The van der Waals surface area contributed by atoms with Crippen LogP contribution in [0.1, 0.15) is 44.4 Å². The van der Waals surface area contributed by atoms with Gasteiger partial charge in [0.2, 0.25) is 5.91 Å². The molecule has 1 atom stereocenters. The SMILES string of the molecule is CNC(c1ccc2c(c1)CCC(=O)N2C)C(C)(C)C. The van der Waals surface area contributed by atoms with E-state index in [1.54, 1.807) is 4.90 Å². The first-order valence-corrected chi connectivity index (χ1v) is 6.91. The zero-order valence-electron chi connectivity index (χ0n) is 12.6. The van der Waals surface area contributed by atoms with Crippen LogP contribution in [-0.2, 0) is 11.2 Å². The molecule has 1 aliphatic rings. The standard InChI is InChI=1S/C16H24N2O/c1-16(2,3)15(17-4)12-6-8-13-11(10-12)7-9-14(19)18(13)5/h6,8,10,15,17H,7,9H2,1-5H3. The van der Waals surface area contributed by atoms with E-state index >= 15 is 0 Å². The van der Waals surface area contributed by atoms with Crippen LogP contribution in [0.25, 0.3) is 0 Å². The average Bonchev–Trinajstić information content (AvgIpc) is 2.33. The van der Waals surface area contributed by atoms with Gasteiger partial charge in [-0.2, -0.15) is 0 Å². The number of hydrogen-bond donors (Lipinski definition) is 1. The fraction of sp³-hybridized carbons (Fsp3) is 0.562. The molecule has 104 valence electrons. The van der Waals surface area contributed by atoms with Crippen molar-refractivity contribution in [2.75, 3.05) is 19.0 Å². The van der Waals surface area contributed by atoms with E-state index in [2.05, 4.69) is 44.3 Å². The van der Waals surface area contributed by atoms with Gasteiger partial charge >= 0.3 is 0 Å². The topological polar surface area (TPSA) is 32.3 Å². The van der Waals surface area contributed by atoms with Crippen molar-refractivity contribution in [3.8, 4) is 0 Å². The fourth-order valence-electron chi connectivity index (χ4n) is 2.96. The molecule has 1 unspecified atom stereocenters. The molecule has 1 aromatic rings. The van der Waals surface area contributed by atoms with E-state index < -0.39 is 0 Å². The Labute approximate surface area is 116 Å². The highest BCUT2D eigenvalue weighted by Crippen LogP contribution is 2.36. The predicted molar refractivity (Wildman–Crippen MR) is 79.4 cm³/mol. The molecule has 19 heavy (non-hydrogen) atoms. The Kier molecular flexibility index (Phi) is 3.68. The number of rotatable bonds is 2. The lowest BCUT2D eigenvalue weighted by Gasteiger charge is -2.33. The Hall–Kier alpha value is -1.35. The summed E-state index contributed by atoms with van der Waals surface area (Å²) in [4.78, 5) is 13.5. The van der Waals surface area contributed by atoms with Crippen molar-refractivity contribution < 1.29 is 4.79 Å². The van der Waals surface area contributed by atoms with E-state index in [0.717, 1.165) is 12.1 Å². The first-order chi connectivity index (χ1) is 8.84. The molecule has 0 saturated heterocycles. The normalized spacial score (nSPS) is 17.3. The number of hydrogen-bond acceptors (Lipinski definition) is 2. The zero-order valence-corrected chi connectivity index (χ0v) is 12.6. The van der Waals surface area contributed by atoms with E-state index in [-0.39, 0.29) is 11.3 Å². The van der Waals surface area contributed by atoms with Crippen LogP contribution in [0, 0.1) is 5.41 Å². The highest BCUT2D eigenvalue weighted by molar-refractivity contribution is 5.95. The molecule has 1 aliphatic heterocycles. The van der Waals surface area contributed by atoms with E-state index in [1.807, 2.05) is 14.1 Å². The second-order valence-corrected chi connectivity index (χ2v) is 6.43. The van der Waals surface area contributed by atoms with Crippen LogP contribution in [0.2, 0.25) is 0 Å². The molecule has 1 amide bonds. The minimum absolute atomic E-state index is 0.166. The van der Waals surface area contributed by atoms with Crippen LogP contribution in [0.5, 0.6) is 0 Å². The van der Waals surface area contributed by atoms with Crippen LogP contribution in [0.15, 0.2) is 18.2 Å². The smallest absolute Gasteiger partial charge is 0.227 e. The molecular formula is C16H24N2O. The Morgan fingerprint density at radius 3 is 2.53 bits per heavy atom. The third-order valence-electron chi connectivity index (χ3n) is 3.94. The number of benzene rings is 1. The quantitative estimate of drug-likeness (QED) is 0.886. The molecule has 0 radical (unpaired) electrons. The minimum atomic E-state index is 0.166. The van der Waals surface area contributed by atoms with Gasteiger partial charge in [0.05, 0.1) is 0 Å². The number of fused-ring (bicyclic) bond motifs is 1. The molecule has 0 aromatic heterocycles. The number of carbonyl (C=O) groups is 1. The summed E-state index contributed by atoms with van der Waals surface area (Å²) < 4.78 is 0. The maximum atomic E-state index is 11.7. The summed E-state index contributed by atoms with van der Waals surface area (Å²) >= 11 is 0. The molecule has 1 N–H and O–H groups in total. The minimum Gasteiger partial charge on any atom is -0.315 e. The summed E-state index contributed by atoms with van der Waals surface area (Å²) in [6.45, 7) is 6.72. The first kappa shape index (κ1) is 14.1. The van der Waals surface area contributed by atoms with Crippen LogP contribution in [0.3, 0.4) is 0 Å². The van der Waals surface area contributed by atoms with Crippen molar-refractivity contribution in [1.82, 2.24) is 5.32 Å². The largest absolute Gasteiger partial charge is 0.315 e. The Bertz CT molecular complexity index is 488. The third-order valence-corrected chi connectivity index (χ3v) is 3.94. The molecule has 3 nitrogen and oxygen atoms in total. The van der Waals surface area contributed by atoms with E-state index in [0.29, 0.717) is 12.5 Å². The van der Waals surface area contributed by atoms with Gasteiger partial charge in [-0.15, -0.1) is 0 Å². The van der Waals surface area contributed by atoms with Crippen LogP contribution < -0.4 is 10.2 Å². The van der Waals surface area contributed by atoms with Crippen molar-refractivity contribution in [2.24, 2.45) is 5.41 Å². The van der Waals surface area contributed by atoms with Gasteiger partial charge in [0.1, 0.15) is 0 Å². The number of carbonyl (C=O) groups excluding carboxylic acids is 1. The molecular weight excluding hydrogens is 236 g/mol. The average molecular weight is 260 g/mol. The molecule has 2 rings (SSSR count). The Balaban J connectivity index is 2.39. The number of nitrogens with one attached hydrogen (secondary N) is 1. The van der Waals surface area contributed by atoms with Gasteiger partial charge in [-0.1, -0.05) is 32.9 Å². The van der Waals surface area contributed by atoms with Crippen molar-refractivity contribution >= 4 is 11.6 Å². The summed E-state index contributed by atoms with van der Waals surface area (Å²) in [5.41, 5.74) is 3.81. The number of aryl methyl sites for hydroxylation is 1. The van der Waals surface area contributed by atoms with Crippen molar-refractivity contribution in [3.05, 3.63) is 29.3 Å². The van der Waals surface area contributed by atoms with Crippen molar-refractivity contribution in [2.45, 2.75) is 39.7 Å². The molecule has 3 heteroatoms. The maximum absolute atomic E-state index is 11.7. The number of amides is 1. The van der Waals surface area contributed by atoms with E-state index in [1.165, 1.54) is 11.1 Å². The summed E-state index contributed by atoms with van der Waals surface area (Å²) in [5, 5.41) is 3.40. The second kappa shape index (κ2) is 4.97. The molecule has 0 fully saturated rings. The van der Waals surface area contributed by atoms with Crippen molar-refractivity contribution in [3.63, 3.8) is 0 Å². The van der Waals surface area contributed by atoms with Gasteiger partial charge in [-0.3, -0.25) is 4.79 Å². The monoisotopic (exact) mass is 260 g/mol. The predicted octanol–water partition coefficient (Wildman–Crippen LogP) is 2.90. The summed E-state index contributed by atoms with van der Waals surface area (Å²) in [5.74, 6) is 0.209. The molecule has 0 bridgehead atoms. The van der Waals surface area contributed by atoms with E-state index in [9.17, 15) is 4.79 Å². The fourth-order valence-corrected chi connectivity index (χ4v) is 2.96. The van der Waals surface area contributed by atoms with Crippen LogP contribution in [0.4, 0.5) is 5.69 Å². The lowest BCUT2D eigenvalue weighted by atomic mass is 9.81. The second-order valence-electron chi connectivity index (χ2n) is 6.43. The van der Waals surface area contributed by atoms with Gasteiger partial charge in [-0.25, -0.2) is 0 Å². The van der Waals surface area contributed by atoms with Gasteiger partial charge < -0.3 is 10.2 Å². The highest BCUT2D eigenvalue weighted by atomic mass is 16.2. The highest BCUT2D eigenvalue weighted by Gasteiger charge is 2.27. The van der Waals surface area contributed by atoms with Gasteiger partial charge in [0.15, 0.2) is 0 Å².